The molecule has 1 heterocycles. The average Bonchev–Trinajstić information content (AvgIpc) is 3.11. The number of allylic oxidation sites excluding steroid dienone is 3. The fraction of sp³-hybridized carbons (Fsp3) is 0.878. The van der Waals surface area contributed by atoms with Gasteiger partial charge in [0.15, 0.2) is 6.29 Å². The van der Waals surface area contributed by atoms with Crippen molar-refractivity contribution < 1.29 is 39.8 Å². The number of aliphatic hydroxyl groups excluding tert-OH is 5. The van der Waals surface area contributed by atoms with Crippen molar-refractivity contribution in [3.8, 4) is 0 Å². The molecule has 2 unspecified atom stereocenters. The molecule has 6 N–H and O–H groups in total. The minimum absolute atomic E-state index is 0.188. The molecule has 1 amide bonds. The molecule has 0 aromatic carbocycles. The van der Waals surface area contributed by atoms with Gasteiger partial charge in [0.2, 0.25) is 5.91 Å². The van der Waals surface area contributed by atoms with E-state index >= 15 is 0 Å². The highest BCUT2D eigenvalue weighted by Crippen LogP contribution is 2.22. The fourth-order valence-electron chi connectivity index (χ4n) is 6.41. The van der Waals surface area contributed by atoms with Crippen LogP contribution < -0.4 is 5.32 Å². The number of nitrogens with one attached hydrogen (secondary N) is 1. The lowest BCUT2D eigenvalue weighted by Gasteiger charge is -2.40. The van der Waals surface area contributed by atoms with Gasteiger partial charge in [-0.3, -0.25) is 4.79 Å². The zero-order valence-corrected chi connectivity index (χ0v) is 31.9. The van der Waals surface area contributed by atoms with E-state index in [2.05, 4.69) is 31.3 Å². The SMILES string of the molecule is CCCCCCCCC/C=C/CC/C=C/[C@@H](O)[C@H](CO[C@H]1O[C@@H](CO)[C@H](O)C(O)C1O)NC(=O)CCCCCCCCCCCCCCCC. The van der Waals surface area contributed by atoms with E-state index in [-0.39, 0.29) is 12.5 Å². The van der Waals surface area contributed by atoms with Crippen molar-refractivity contribution in [1.82, 2.24) is 5.32 Å². The summed E-state index contributed by atoms with van der Waals surface area (Å²) in [4.78, 5) is 12.9. The highest BCUT2D eigenvalue weighted by atomic mass is 16.7. The standard InChI is InChI=1S/C41H77NO8/c1-3-5-7-9-11-13-15-17-19-21-23-25-27-29-31-37(45)42-34(33-49-41-40(48)39(47)38(46)36(32-43)50-41)35(44)30-28-26-24-22-20-18-16-14-12-10-8-6-4-2/h20,22,28,30,34-36,38-41,43-44,46-48H,3-19,21,23-27,29,31-33H2,1-2H3,(H,42,45)/b22-20+,30-28+/t34-,35+,36-,38-,39?,40?,41-/m0/s1. The second-order valence-corrected chi connectivity index (χ2v) is 14.4. The van der Waals surface area contributed by atoms with Gasteiger partial charge in [0.1, 0.15) is 24.4 Å². The number of rotatable bonds is 33. The first-order chi connectivity index (χ1) is 24.3. The summed E-state index contributed by atoms with van der Waals surface area (Å²) in [7, 11) is 0. The molecule has 1 aliphatic rings. The number of unbranched alkanes of at least 4 members (excludes halogenated alkanes) is 21. The van der Waals surface area contributed by atoms with Gasteiger partial charge in [-0.15, -0.1) is 0 Å². The minimum Gasteiger partial charge on any atom is -0.394 e. The Balaban J connectivity index is 2.44. The fourth-order valence-corrected chi connectivity index (χ4v) is 6.41. The molecule has 9 heteroatoms. The Morgan fingerprint density at radius 3 is 1.68 bits per heavy atom. The van der Waals surface area contributed by atoms with Crippen LogP contribution in [0.1, 0.15) is 174 Å². The number of amides is 1. The van der Waals surface area contributed by atoms with Gasteiger partial charge >= 0.3 is 0 Å². The molecule has 0 spiro atoms. The van der Waals surface area contributed by atoms with Crippen LogP contribution in [0.4, 0.5) is 0 Å². The van der Waals surface area contributed by atoms with Crippen LogP contribution in [0.5, 0.6) is 0 Å². The van der Waals surface area contributed by atoms with E-state index < -0.39 is 49.5 Å². The summed E-state index contributed by atoms with van der Waals surface area (Å²) >= 11 is 0. The molecule has 1 fully saturated rings. The molecule has 50 heavy (non-hydrogen) atoms. The van der Waals surface area contributed by atoms with Gasteiger partial charge in [-0.1, -0.05) is 160 Å². The summed E-state index contributed by atoms with van der Waals surface area (Å²) in [6.45, 7) is 3.73. The molecule has 0 saturated carbocycles. The van der Waals surface area contributed by atoms with Crippen LogP contribution in [0.2, 0.25) is 0 Å². The first-order valence-corrected chi connectivity index (χ1v) is 20.6. The monoisotopic (exact) mass is 712 g/mol. The number of aliphatic hydroxyl groups is 5. The van der Waals surface area contributed by atoms with E-state index in [1.807, 2.05) is 6.08 Å². The maximum absolute atomic E-state index is 12.9. The van der Waals surface area contributed by atoms with Gasteiger partial charge in [-0.2, -0.15) is 0 Å². The predicted octanol–water partition coefficient (Wildman–Crippen LogP) is 7.55. The van der Waals surface area contributed by atoms with Gasteiger partial charge in [-0.25, -0.2) is 0 Å². The first-order valence-electron chi connectivity index (χ1n) is 20.6. The second kappa shape index (κ2) is 32.3. The number of ether oxygens (including phenoxy) is 2. The molecule has 9 nitrogen and oxygen atoms in total. The molecule has 1 saturated heterocycles. The van der Waals surface area contributed by atoms with Crippen molar-refractivity contribution in [3.05, 3.63) is 24.3 Å². The van der Waals surface area contributed by atoms with Crippen molar-refractivity contribution >= 4 is 5.91 Å². The van der Waals surface area contributed by atoms with Gasteiger partial charge in [-0.05, 0) is 32.1 Å². The van der Waals surface area contributed by atoms with Crippen LogP contribution >= 0.6 is 0 Å². The summed E-state index contributed by atoms with van der Waals surface area (Å²) < 4.78 is 11.2. The van der Waals surface area contributed by atoms with Crippen molar-refractivity contribution in [3.63, 3.8) is 0 Å². The Morgan fingerprint density at radius 1 is 0.660 bits per heavy atom. The van der Waals surface area contributed by atoms with E-state index in [0.29, 0.717) is 6.42 Å². The van der Waals surface area contributed by atoms with E-state index in [1.54, 1.807) is 6.08 Å². The Morgan fingerprint density at radius 2 is 1.14 bits per heavy atom. The Labute approximate surface area is 305 Å². The molecule has 0 aliphatic carbocycles. The van der Waals surface area contributed by atoms with Crippen LogP contribution in [0.15, 0.2) is 24.3 Å². The van der Waals surface area contributed by atoms with Crippen molar-refractivity contribution in [2.24, 2.45) is 0 Å². The normalized spacial score (nSPS) is 22.4. The smallest absolute Gasteiger partial charge is 0.220 e. The number of hydrogen-bond donors (Lipinski definition) is 6. The molecule has 294 valence electrons. The molecular weight excluding hydrogens is 634 g/mol. The molecule has 0 radical (unpaired) electrons. The quantitative estimate of drug-likeness (QED) is 0.0302. The highest BCUT2D eigenvalue weighted by Gasteiger charge is 2.44. The summed E-state index contributed by atoms with van der Waals surface area (Å²) in [6.07, 6.45) is 29.3. The van der Waals surface area contributed by atoms with Crippen LogP contribution in [-0.4, -0.2) is 87.5 Å². The number of hydrogen-bond acceptors (Lipinski definition) is 8. The largest absolute Gasteiger partial charge is 0.394 e. The maximum Gasteiger partial charge on any atom is 0.220 e. The van der Waals surface area contributed by atoms with Crippen LogP contribution in [0, 0.1) is 0 Å². The van der Waals surface area contributed by atoms with E-state index in [1.165, 1.54) is 116 Å². The van der Waals surface area contributed by atoms with E-state index in [4.69, 9.17) is 9.47 Å². The van der Waals surface area contributed by atoms with E-state index in [0.717, 1.165) is 38.5 Å². The molecule has 7 atom stereocenters. The zero-order chi connectivity index (χ0) is 36.7. The summed E-state index contributed by atoms with van der Waals surface area (Å²) in [6, 6.07) is -0.814. The molecule has 0 aromatic rings. The maximum atomic E-state index is 12.9. The molecule has 0 aromatic heterocycles. The Kier molecular flexibility index (Phi) is 30.2. The number of carbonyl (C=O) groups is 1. The third-order valence-corrected chi connectivity index (χ3v) is 9.78. The molecule has 1 rings (SSSR count). The van der Waals surface area contributed by atoms with Gasteiger partial charge in [0.25, 0.3) is 0 Å². The summed E-state index contributed by atoms with van der Waals surface area (Å²) in [5, 5.41) is 53.9. The second-order valence-electron chi connectivity index (χ2n) is 14.4. The van der Waals surface area contributed by atoms with Gasteiger partial charge in [0.05, 0.1) is 25.4 Å². The zero-order valence-electron chi connectivity index (χ0n) is 31.9. The van der Waals surface area contributed by atoms with Gasteiger partial charge in [0, 0.05) is 6.42 Å². The average molecular weight is 712 g/mol. The lowest BCUT2D eigenvalue weighted by atomic mass is 9.99. The van der Waals surface area contributed by atoms with Crippen LogP contribution in [0.3, 0.4) is 0 Å². The van der Waals surface area contributed by atoms with Crippen LogP contribution in [-0.2, 0) is 14.3 Å². The van der Waals surface area contributed by atoms with Crippen molar-refractivity contribution in [1.29, 1.82) is 0 Å². The summed E-state index contributed by atoms with van der Waals surface area (Å²) in [5.74, 6) is -0.188. The van der Waals surface area contributed by atoms with Crippen molar-refractivity contribution in [2.45, 2.75) is 217 Å². The molecule has 1 aliphatic heterocycles. The minimum atomic E-state index is -1.57. The lowest BCUT2D eigenvalue weighted by Crippen LogP contribution is -2.60. The Hall–Kier alpha value is -1.33. The Bertz CT molecular complexity index is 837. The lowest BCUT2D eigenvalue weighted by molar-refractivity contribution is -0.302. The number of carbonyl (C=O) groups excluding carboxylic acids is 1. The predicted molar refractivity (Wildman–Crippen MR) is 203 cm³/mol. The summed E-state index contributed by atoms with van der Waals surface area (Å²) in [5.41, 5.74) is 0. The molecular formula is C41H77NO8. The third-order valence-electron chi connectivity index (χ3n) is 9.78. The third kappa shape index (κ3) is 23.3. The molecule has 0 bridgehead atoms. The van der Waals surface area contributed by atoms with Crippen LogP contribution in [0.25, 0.3) is 0 Å². The van der Waals surface area contributed by atoms with E-state index in [9.17, 15) is 30.3 Å². The van der Waals surface area contributed by atoms with Gasteiger partial charge < -0.3 is 40.3 Å². The topological polar surface area (TPSA) is 149 Å². The first kappa shape index (κ1) is 46.7. The van der Waals surface area contributed by atoms with Crippen molar-refractivity contribution in [2.75, 3.05) is 13.2 Å². The highest BCUT2D eigenvalue weighted by molar-refractivity contribution is 5.76.